The first-order valence-corrected chi connectivity index (χ1v) is 9.68. The molecule has 0 radical (unpaired) electrons. The van der Waals surface area contributed by atoms with Crippen LogP contribution < -0.4 is 22.2 Å². The van der Waals surface area contributed by atoms with E-state index in [1.165, 1.54) is 35.8 Å². The highest BCUT2D eigenvalue weighted by Gasteiger charge is 2.16. The summed E-state index contributed by atoms with van der Waals surface area (Å²) in [6, 6.07) is 12.8. The highest BCUT2D eigenvalue weighted by Crippen LogP contribution is 2.18. The molecule has 4 rings (SSSR count). The van der Waals surface area contributed by atoms with E-state index in [2.05, 4.69) is 20.7 Å². The van der Waals surface area contributed by atoms with Crippen LogP contribution in [0.5, 0.6) is 0 Å². The Morgan fingerprint density at radius 1 is 1.09 bits per heavy atom. The van der Waals surface area contributed by atoms with Crippen molar-refractivity contribution in [3.8, 4) is 0 Å². The Morgan fingerprint density at radius 3 is 2.62 bits per heavy atom. The predicted octanol–water partition coefficient (Wildman–Crippen LogP) is 1.87. The number of nitrogens with two attached hydrogens (primary N) is 2. The topological polar surface area (TPSA) is 139 Å². The van der Waals surface area contributed by atoms with Gasteiger partial charge in [-0.25, -0.2) is 9.37 Å². The Balaban J connectivity index is 1.43. The number of aromatic nitrogens is 1. The number of carbonyl (C=O) groups is 2. The molecular formula is C22H20FN7O2. The molecule has 0 fully saturated rings. The van der Waals surface area contributed by atoms with E-state index in [0.717, 1.165) is 11.5 Å². The number of amides is 2. The molecule has 162 valence electrons. The standard InChI is InChI=1S/C22H20FN7O2/c23-17-9-15(22(32)29-30-8-7-26-12-19(30)24)3-4-16(17)11-27-20-6-5-13-1-2-14(21(25)31)10-18(13)28-20/h1-10,12,19H,11,24H2,(H2,25,31)(H,27,28)(H,29,32). The predicted molar refractivity (Wildman–Crippen MR) is 119 cm³/mol. The van der Waals surface area contributed by atoms with E-state index in [-0.39, 0.29) is 12.1 Å². The van der Waals surface area contributed by atoms with E-state index in [1.54, 1.807) is 24.3 Å². The molecule has 1 aliphatic heterocycles. The fourth-order valence-corrected chi connectivity index (χ4v) is 3.10. The molecule has 32 heavy (non-hydrogen) atoms. The molecule has 2 aromatic carbocycles. The fraction of sp³-hybridized carbons (Fsp3) is 0.0909. The van der Waals surface area contributed by atoms with Gasteiger partial charge in [-0.05, 0) is 36.4 Å². The molecule has 1 atom stereocenters. The van der Waals surface area contributed by atoms with Crippen LogP contribution in [0, 0.1) is 5.82 Å². The maximum atomic E-state index is 14.6. The molecule has 2 heterocycles. The second kappa shape index (κ2) is 8.82. The van der Waals surface area contributed by atoms with Gasteiger partial charge in [-0.1, -0.05) is 12.1 Å². The van der Waals surface area contributed by atoms with E-state index >= 15 is 0 Å². The van der Waals surface area contributed by atoms with E-state index in [9.17, 15) is 14.0 Å². The normalized spacial score (nSPS) is 15.1. The molecular weight excluding hydrogens is 413 g/mol. The molecule has 2 amide bonds. The lowest BCUT2D eigenvalue weighted by molar-refractivity contribution is 0.0833. The van der Waals surface area contributed by atoms with Gasteiger partial charge in [0.05, 0.1) is 5.52 Å². The second-order valence-corrected chi connectivity index (χ2v) is 7.06. The van der Waals surface area contributed by atoms with Gasteiger partial charge in [0.1, 0.15) is 17.8 Å². The van der Waals surface area contributed by atoms with Crippen LogP contribution >= 0.6 is 0 Å². The molecule has 0 saturated carbocycles. The number of anilines is 1. The Labute approximate surface area is 182 Å². The van der Waals surface area contributed by atoms with Crippen LogP contribution in [0.15, 0.2) is 65.9 Å². The van der Waals surface area contributed by atoms with Crippen molar-refractivity contribution >= 4 is 34.7 Å². The number of primary amides is 1. The number of halogens is 1. The third kappa shape index (κ3) is 4.55. The summed E-state index contributed by atoms with van der Waals surface area (Å²) in [5, 5.41) is 5.26. The molecule has 9 nitrogen and oxygen atoms in total. The number of hydrogen-bond acceptors (Lipinski definition) is 7. The Morgan fingerprint density at radius 2 is 1.88 bits per heavy atom. The summed E-state index contributed by atoms with van der Waals surface area (Å²) >= 11 is 0. The van der Waals surface area contributed by atoms with Gasteiger partial charge in [0.15, 0.2) is 0 Å². The second-order valence-electron chi connectivity index (χ2n) is 7.06. The molecule has 0 spiro atoms. The van der Waals surface area contributed by atoms with E-state index in [0.29, 0.717) is 22.5 Å². The first-order chi connectivity index (χ1) is 15.4. The summed E-state index contributed by atoms with van der Waals surface area (Å²) in [5.74, 6) is -1.07. The number of aliphatic imine (C=N–C) groups is 1. The van der Waals surface area contributed by atoms with Crippen LogP contribution in [-0.4, -0.2) is 34.2 Å². The minimum Gasteiger partial charge on any atom is -0.366 e. The number of fused-ring (bicyclic) bond motifs is 1. The van der Waals surface area contributed by atoms with Gasteiger partial charge in [0.25, 0.3) is 5.91 Å². The average molecular weight is 433 g/mol. The maximum absolute atomic E-state index is 14.6. The van der Waals surface area contributed by atoms with Crippen LogP contribution in [0.4, 0.5) is 10.2 Å². The molecule has 0 bridgehead atoms. The van der Waals surface area contributed by atoms with Crippen LogP contribution in [-0.2, 0) is 6.54 Å². The summed E-state index contributed by atoms with van der Waals surface area (Å²) < 4.78 is 14.6. The highest BCUT2D eigenvalue weighted by molar-refractivity contribution is 5.97. The van der Waals surface area contributed by atoms with E-state index < -0.39 is 23.8 Å². The van der Waals surface area contributed by atoms with Gasteiger partial charge < -0.3 is 16.8 Å². The zero-order chi connectivity index (χ0) is 22.7. The first kappa shape index (κ1) is 20.9. The Bertz CT molecular complexity index is 1260. The number of pyridine rings is 1. The van der Waals surface area contributed by atoms with Crippen LogP contribution in [0.2, 0.25) is 0 Å². The molecule has 3 aromatic rings. The summed E-state index contributed by atoms with van der Waals surface area (Å²) in [4.78, 5) is 32.1. The third-order valence-electron chi connectivity index (χ3n) is 4.86. The van der Waals surface area contributed by atoms with Crippen molar-refractivity contribution in [2.75, 3.05) is 5.32 Å². The lowest BCUT2D eigenvalue weighted by Crippen LogP contribution is -2.51. The van der Waals surface area contributed by atoms with Crippen molar-refractivity contribution in [2.24, 2.45) is 16.5 Å². The molecule has 6 N–H and O–H groups in total. The number of nitrogens with one attached hydrogen (secondary N) is 2. The molecule has 0 aliphatic carbocycles. The number of hydrazine groups is 1. The lowest BCUT2D eigenvalue weighted by Gasteiger charge is -2.26. The first-order valence-electron chi connectivity index (χ1n) is 9.68. The fourth-order valence-electron chi connectivity index (χ4n) is 3.10. The third-order valence-corrected chi connectivity index (χ3v) is 4.86. The van der Waals surface area contributed by atoms with E-state index in [1.807, 2.05) is 6.07 Å². The van der Waals surface area contributed by atoms with Gasteiger partial charge in [0, 0.05) is 47.2 Å². The van der Waals surface area contributed by atoms with Crippen molar-refractivity contribution in [3.05, 3.63) is 83.4 Å². The van der Waals surface area contributed by atoms with Crippen molar-refractivity contribution in [2.45, 2.75) is 12.7 Å². The Kier molecular flexibility index (Phi) is 5.77. The smallest absolute Gasteiger partial charge is 0.269 e. The number of hydrogen-bond donors (Lipinski definition) is 4. The SMILES string of the molecule is NC(=O)c1ccc2ccc(NCc3ccc(C(=O)NN4C=CN=CC4N)cc3F)nc2c1. The quantitative estimate of drug-likeness (QED) is 0.468. The zero-order valence-corrected chi connectivity index (χ0v) is 16.8. The van der Waals surface area contributed by atoms with Crippen molar-refractivity contribution in [1.82, 2.24) is 15.4 Å². The van der Waals surface area contributed by atoms with Gasteiger partial charge in [-0.2, -0.15) is 0 Å². The van der Waals surface area contributed by atoms with Gasteiger partial charge >= 0.3 is 0 Å². The molecule has 0 saturated heterocycles. The molecule has 1 aliphatic rings. The molecule has 1 unspecified atom stereocenters. The minimum absolute atomic E-state index is 0.150. The van der Waals surface area contributed by atoms with Crippen molar-refractivity contribution in [1.29, 1.82) is 0 Å². The van der Waals surface area contributed by atoms with Gasteiger partial charge in [-0.3, -0.25) is 25.0 Å². The van der Waals surface area contributed by atoms with Gasteiger partial charge in [-0.15, -0.1) is 0 Å². The van der Waals surface area contributed by atoms with Crippen LogP contribution in [0.3, 0.4) is 0 Å². The number of nitrogens with zero attached hydrogens (tertiary/aromatic N) is 3. The van der Waals surface area contributed by atoms with Gasteiger partial charge in [0.2, 0.25) is 5.91 Å². The number of carbonyl (C=O) groups excluding carboxylic acids is 2. The summed E-state index contributed by atoms with van der Waals surface area (Å²) in [6.07, 6.45) is 3.85. The summed E-state index contributed by atoms with van der Waals surface area (Å²) in [6.45, 7) is 0.151. The molecule has 1 aromatic heterocycles. The maximum Gasteiger partial charge on any atom is 0.269 e. The highest BCUT2D eigenvalue weighted by atomic mass is 19.1. The summed E-state index contributed by atoms with van der Waals surface area (Å²) in [5.41, 5.74) is 15.2. The van der Waals surface area contributed by atoms with Crippen molar-refractivity contribution < 1.29 is 14.0 Å². The zero-order valence-electron chi connectivity index (χ0n) is 16.8. The largest absolute Gasteiger partial charge is 0.366 e. The van der Waals surface area contributed by atoms with Crippen molar-refractivity contribution in [3.63, 3.8) is 0 Å². The van der Waals surface area contributed by atoms with Crippen LogP contribution in [0.1, 0.15) is 26.3 Å². The Hall–Kier alpha value is -4.31. The minimum atomic E-state index is -0.606. The lowest BCUT2D eigenvalue weighted by atomic mass is 10.1. The number of benzene rings is 2. The monoisotopic (exact) mass is 433 g/mol. The average Bonchev–Trinajstić information content (AvgIpc) is 2.79. The van der Waals surface area contributed by atoms with Crippen LogP contribution in [0.25, 0.3) is 10.9 Å². The number of rotatable bonds is 6. The van der Waals surface area contributed by atoms with E-state index in [4.69, 9.17) is 11.5 Å². The molecule has 10 heteroatoms. The summed E-state index contributed by atoms with van der Waals surface area (Å²) in [7, 11) is 0.